The molecule has 3 heteroatoms. The summed E-state index contributed by atoms with van der Waals surface area (Å²) in [5.74, 6) is 1.80. The highest BCUT2D eigenvalue weighted by molar-refractivity contribution is 6.30. The lowest BCUT2D eigenvalue weighted by molar-refractivity contribution is 0.142. The lowest BCUT2D eigenvalue weighted by Gasteiger charge is -2.34. The smallest absolute Gasteiger partial charge is 0.0406 e. The SMILES string of the molecule is Clc1ccc(CN2CCC3CNCC3C2)cc1. The van der Waals surface area contributed by atoms with Gasteiger partial charge in [-0.3, -0.25) is 4.90 Å². The first-order chi connectivity index (χ1) is 8.31. The number of halogens is 1. The van der Waals surface area contributed by atoms with E-state index in [1.807, 2.05) is 12.1 Å². The van der Waals surface area contributed by atoms with Gasteiger partial charge in [0.1, 0.15) is 0 Å². The van der Waals surface area contributed by atoms with Crippen LogP contribution in [-0.4, -0.2) is 31.1 Å². The molecular weight excluding hydrogens is 232 g/mol. The second kappa shape index (κ2) is 4.97. The second-order valence-electron chi connectivity index (χ2n) is 5.33. The van der Waals surface area contributed by atoms with Crippen molar-refractivity contribution in [3.05, 3.63) is 34.9 Å². The van der Waals surface area contributed by atoms with Crippen LogP contribution in [0.5, 0.6) is 0 Å². The van der Waals surface area contributed by atoms with Crippen LogP contribution in [0.15, 0.2) is 24.3 Å². The number of benzene rings is 1. The van der Waals surface area contributed by atoms with Crippen molar-refractivity contribution in [3.63, 3.8) is 0 Å². The van der Waals surface area contributed by atoms with Gasteiger partial charge in [-0.1, -0.05) is 23.7 Å². The summed E-state index contributed by atoms with van der Waals surface area (Å²) < 4.78 is 0. The van der Waals surface area contributed by atoms with Crippen LogP contribution in [0.4, 0.5) is 0 Å². The van der Waals surface area contributed by atoms with Gasteiger partial charge in [-0.2, -0.15) is 0 Å². The van der Waals surface area contributed by atoms with E-state index in [2.05, 4.69) is 22.3 Å². The van der Waals surface area contributed by atoms with Crippen molar-refractivity contribution in [2.24, 2.45) is 11.8 Å². The molecule has 2 aliphatic rings. The topological polar surface area (TPSA) is 15.3 Å². The Morgan fingerprint density at radius 2 is 1.94 bits per heavy atom. The van der Waals surface area contributed by atoms with Gasteiger partial charge < -0.3 is 5.32 Å². The van der Waals surface area contributed by atoms with E-state index in [-0.39, 0.29) is 0 Å². The van der Waals surface area contributed by atoms with E-state index in [1.165, 1.54) is 38.2 Å². The molecule has 2 nitrogen and oxygen atoms in total. The van der Waals surface area contributed by atoms with Crippen molar-refractivity contribution >= 4 is 11.6 Å². The molecule has 3 rings (SSSR count). The van der Waals surface area contributed by atoms with Crippen LogP contribution in [-0.2, 0) is 6.54 Å². The van der Waals surface area contributed by atoms with Crippen molar-refractivity contribution in [1.82, 2.24) is 10.2 Å². The zero-order valence-electron chi connectivity index (χ0n) is 10.0. The summed E-state index contributed by atoms with van der Waals surface area (Å²) in [6.07, 6.45) is 1.35. The van der Waals surface area contributed by atoms with Crippen LogP contribution < -0.4 is 5.32 Å². The maximum Gasteiger partial charge on any atom is 0.0406 e. The molecular formula is C14H19ClN2. The molecule has 92 valence electrons. The van der Waals surface area contributed by atoms with E-state index in [4.69, 9.17) is 11.6 Å². The molecule has 0 radical (unpaired) electrons. The minimum Gasteiger partial charge on any atom is -0.316 e. The summed E-state index contributed by atoms with van der Waals surface area (Å²) in [5, 5.41) is 4.34. The molecule has 0 spiro atoms. The Kier molecular flexibility index (Phi) is 3.37. The molecule has 1 aromatic carbocycles. The summed E-state index contributed by atoms with van der Waals surface area (Å²) in [4.78, 5) is 2.58. The Morgan fingerprint density at radius 3 is 2.76 bits per heavy atom. The van der Waals surface area contributed by atoms with Gasteiger partial charge in [-0.25, -0.2) is 0 Å². The van der Waals surface area contributed by atoms with E-state index in [0.29, 0.717) is 0 Å². The summed E-state index contributed by atoms with van der Waals surface area (Å²) in [6.45, 7) is 6.01. The first-order valence-corrected chi connectivity index (χ1v) is 6.86. The third-order valence-electron chi connectivity index (χ3n) is 4.11. The Bertz CT molecular complexity index is 376. The molecule has 2 aliphatic heterocycles. The van der Waals surface area contributed by atoms with E-state index >= 15 is 0 Å². The van der Waals surface area contributed by atoms with Crippen LogP contribution in [0, 0.1) is 11.8 Å². The van der Waals surface area contributed by atoms with Gasteiger partial charge in [0, 0.05) is 18.1 Å². The van der Waals surface area contributed by atoms with Crippen molar-refractivity contribution in [1.29, 1.82) is 0 Å². The molecule has 0 amide bonds. The van der Waals surface area contributed by atoms with Crippen LogP contribution in [0.2, 0.25) is 5.02 Å². The number of fused-ring (bicyclic) bond motifs is 1. The number of likely N-dealkylation sites (tertiary alicyclic amines) is 1. The number of hydrogen-bond acceptors (Lipinski definition) is 2. The van der Waals surface area contributed by atoms with Crippen molar-refractivity contribution in [2.45, 2.75) is 13.0 Å². The number of hydrogen-bond donors (Lipinski definition) is 1. The minimum atomic E-state index is 0.826. The monoisotopic (exact) mass is 250 g/mol. The van der Waals surface area contributed by atoms with Crippen molar-refractivity contribution in [2.75, 3.05) is 26.2 Å². The van der Waals surface area contributed by atoms with Gasteiger partial charge >= 0.3 is 0 Å². The molecule has 0 saturated carbocycles. The second-order valence-corrected chi connectivity index (χ2v) is 5.77. The third-order valence-corrected chi connectivity index (χ3v) is 4.36. The van der Waals surface area contributed by atoms with Gasteiger partial charge in [0.25, 0.3) is 0 Å². The standard InChI is InChI=1S/C14H19ClN2/c15-14-3-1-11(2-4-14)9-17-6-5-12-7-16-8-13(12)10-17/h1-4,12-13,16H,5-10H2. The minimum absolute atomic E-state index is 0.826. The predicted molar refractivity (Wildman–Crippen MR) is 71.2 cm³/mol. The predicted octanol–water partition coefficient (Wildman–Crippen LogP) is 2.38. The molecule has 1 aromatic rings. The van der Waals surface area contributed by atoms with Gasteiger partial charge in [-0.05, 0) is 55.6 Å². The molecule has 0 aromatic heterocycles. The zero-order valence-corrected chi connectivity index (χ0v) is 10.8. The molecule has 0 bridgehead atoms. The summed E-state index contributed by atoms with van der Waals surface area (Å²) in [6, 6.07) is 8.25. The first-order valence-electron chi connectivity index (χ1n) is 6.49. The highest BCUT2D eigenvalue weighted by atomic mass is 35.5. The summed E-state index contributed by atoms with van der Waals surface area (Å²) in [5.41, 5.74) is 1.37. The number of rotatable bonds is 2. The van der Waals surface area contributed by atoms with E-state index in [0.717, 1.165) is 23.4 Å². The molecule has 2 atom stereocenters. The van der Waals surface area contributed by atoms with E-state index in [9.17, 15) is 0 Å². The van der Waals surface area contributed by atoms with E-state index < -0.39 is 0 Å². The quantitative estimate of drug-likeness (QED) is 0.867. The van der Waals surface area contributed by atoms with Gasteiger partial charge in [-0.15, -0.1) is 0 Å². The van der Waals surface area contributed by atoms with Gasteiger partial charge in [0.05, 0.1) is 0 Å². The van der Waals surface area contributed by atoms with Crippen LogP contribution in [0.25, 0.3) is 0 Å². The van der Waals surface area contributed by atoms with E-state index in [1.54, 1.807) is 0 Å². The lowest BCUT2D eigenvalue weighted by Crippen LogP contribution is -2.39. The molecule has 17 heavy (non-hydrogen) atoms. The molecule has 2 fully saturated rings. The Morgan fingerprint density at radius 1 is 1.18 bits per heavy atom. The fourth-order valence-electron chi connectivity index (χ4n) is 3.10. The molecule has 1 N–H and O–H groups in total. The molecule has 0 aliphatic carbocycles. The first kappa shape index (κ1) is 11.5. The van der Waals surface area contributed by atoms with Gasteiger partial charge in [0.2, 0.25) is 0 Å². The fourth-order valence-corrected chi connectivity index (χ4v) is 3.23. The van der Waals surface area contributed by atoms with Crippen LogP contribution in [0.1, 0.15) is 12.0 Å². The van der Waals surface area contributed by atoms with Crippen molar-refractivity contribution in [3.8, 4) is 0 Å². The maximum absolute atomic E-state index is 5.91. The fraction of sp³-hybridized carbons (Fsp3) is 0.571. The number of piperidine rings is 1. The van der Waals surface area contributed by atoms with Gasteiger partial charge in [0.15, 0.2) is 0 Å². The maximum atomic E-state index is 5.91. The molecule has 2 saturated heterocycles. The third kappa shape index (κ3) is 2.65. The average Bonchev–Trinajstić information content (AvgIpc) is 2.79. The Balaban J connectivity index is 1.60. The van der Waals surface area contributed by atoms with Crippen LogP contribution in [0.3, 0.4) is 0 Å². The normalized spacial score (nSPS) is 29.2. The Labute approximate surface area is 108 Å². The number of nitrogens with zero attached hydrogens (tertiary/aromatic N) is 1. The van der Waals surface area contributed by atoms with Crippen molar-refractivity contribution < 1.29 is 0 Å². The highest BCUT2D eigenvalue weighted by Gasteiger charge is 2.32. The largest absolute Gasteiger partial charge is 0.316 e. The summed E-state index contributed by atoms with van der Waals surface area (Å²) in [7, 11) is 0. The summed E-state index contributed by atoms with van der Waals surface area (Å²) >= 11 is 5.91. The zero-order chi connectivity index (χ0) is 11.7. The highest BCUT2D eigenvalue weighted by Crippen LogP contribution is 2.27. The number of nitrogens with one attached hydrogen (secondary N) is 1. The Hall–Kier alpha value is -0.570. The lowest BCUT2D eigenvalue weighted by atomic mass is 9.88. The van der Waals surface area contributed by atoms with Crippen LogP contribution >= 0.6 is 11.6 Å². The average molecular weight is 251 g/mol. The molecule has 2 heterocycles. The molecule has 2 unspecified atom stereocenters.